The van der Waals surface area contributed by atoms with Crippen LogP contribution < -0.4 is 10.1 Å². The van der Waals surface area contributed by atoms with Gasteiger partial charge in [-0.1, -0.05) is 42.5 Å². The molecule has 1 N–H and O–H groups in total. The summed E-state index contributed by atoms with van der Waals surface area (Å²) < 4.78 is 11.2. The summed E-state index contributed by atoms with van der Waals surface area (Å²) in [4.78, 5) is 23.4. The Morgan fingerprint density at radius 2 is 1.74 bits per heavy atom. The zero-order valence-electron chi connectivity index (χ0n) is 17.4. The Morgan fingerprint density at radius 3 is 2.35 bits per heavy atom. The molecule has 0 spiro atoms. The fraction of sp³-hybridized carbons (Fsp3) is 0.208. The van der Waals surface area contributed by atoms with E-state index in [4.69, 9.17) is 9.47 Å². The first-order valence-electron chi connectivity index (χ1n) is 9.79. The monoisotopic (exact) mass is 420 g/mol. The first-order chi connectivity index (χ1) is 15.0. The molecule has 3 aromatic carbocycles. The third-order valence-electron chi connectivity index (χ3n) is 4.83. The van der Waals surface area contributed by atoms with Crippen molar-refractivity contribution in [2.45, 2.75) is 25.7 Å². The molecular weight excluding hydrogens is 396 g/mol. The number of nitrogens with zero attached hydrogens (tertiary/aromatic N) is 1. The van der Waals surface area contributed by atoms with E-state index in [0.29, 0.717) is 11.3 Å². The number of nitrogens with one attached hydrogen (secondary N) is 1. The van der Waals surface area contributed by atoms with E-state index in [9.17, 15) is 14.9 Å². The van der Waals surface area contributed by atoms with Gasteiger partial charge in [-0.15, -0.1) is 0 Å². The van der Waals surface area contributed by atoms with E-state index in [2.05, 4.69) is 5.32 Å². The highest BCUT2D eigenvalue weighted by Gasteiger charge is 2.29. The van der Waals surface area contributed by atoms with Gasteiger partial charge in [-0.3, -0.25) is 14.9 Å². The lowest BCUT2D eigenvalue weighted by Crippen LogP contribution is -2.34. The average molecular weight is 420 g/mol. The van der Waals surface area contributed by atoms with Crippen molar-refractivity contribution in [2.75, 3.05) is 12.4 Å². The number of ketones is 1. The summed E-state index contributed by atoms with van der Waals surface area (Å²) in [7, 11) is 1.58. The third kappa shape index (κ3) is 5.90. The molecule has 0 fully saturated rings. The zero-order chi connectivity index (χ0) is 22.2. The number of ether oxygens (including phenoxy) is 2. The Labute approximate surface area is 180 Å². The Bertz CT molecular complexity index is 1020. The number of hydrogen-bond acceptors (Lipinski definition) is 6. The summed E-state index contributed by atoms with van der Waals surface area (Å²) in [6, 6.07) is 22.3. The second-order valence-corrected chi connectivity index (χ2v) is 7.03. The number of rotatable bonds is 10. The normalized spacial score (nSPS) is 12.6. The lowest BCUT2D eigenvalue weighted by atomic mass is 9.97. The van der Waals surface area contributed by atoms with Gasteiger partial charge < -0.3 is 14.8 Å². The fourth-order valence-electron chi connectivity index (χ4n) is 3.24. The van der Waals surface area contributed by atoms with Crippen molar-refractivity contribution in [3.63, 3.8) is 0 Å². The van der Waals surface area contributed by atoms with E-state index in [1.54, 1.807) is 31.4 Å². The molecule has 0 unspecified atom stereocenters. The van der Waals surface area contributed by atoms with Crippen LogP contribution in [0.25, 0.3) is 0 Å². The number of non-ortho nitro benzene ring substituents is 1. The molecule has 0 aliphatic carbocycles. The van der Waals surface area contributed by atoms with Crippen LogP contribution in [0.4, 0.5) is 11.4 Å². The molecule has 3 aromatic rings. The number of carbonyl (C=O) groups is 1. The molecular formula is C24H24N2O5. The van der Waals surface area contributed by atoms with E-state index in [1.165, 1.54) is 19.1 Å². The molecule has 2 atom stereocenters. The first-order valence-corrected chi connectivity index (χ1v) is 9.79. The minimum Gasteiger partial charge on any atom is -0.497 e. The quantitative estimate of drug-likeness (QED) is 0.369. The van der Waals surface area contributed by atoms with Crippen LogP contribution in [0.2, 0.25) is 0 Å². The van der Waals surface area contributed by atoms with Crippen LogP contribution in [0, 0.1) is 10.1 Å². The van der Waals surface area contributed by atoms with E-state index in [1.807, 2.05) is 42.5 Å². The van der Waals surface area contributed by atoms with Crippen molar-refractivity contribution >= 4 is 17.2 Å². The predicted octanol–water partition coefficient (Wildman–Crippen LogP) is 4.93. The standard InChI is InChI=1S/C24H24N2O5/c1-17(27)24(31-16-18-7-4-3-5-8-18)23(19-9-6-10-21(15-19)26(28)29)25-20-11-13-22(30-2)14-12-20/h3-15,23-25H,16H2,1-2H3/t23-,24+/m1/s1. The molecule has 160 valence electrons. The summed E-state index contributed by atoms with van der Waals surface area (Å²) in [6.45, 7) is 1.69. The number of nitro groups is 1. The Balaban J connectivity index is 1.94. The number of carbonyl (C=O) groups excluding carboxylic acids is 1. The molecule has 31 heavy (non-hydrogen) atoms. The highest BCUT2D eigenvalue weighted by Crippen LogP contribution is 2.29. The number of benzene rings is 3. The smallest absolute Gasteiger partial charge is 0.269 e. The van der Waals surface area contributed by atoms with Crippen molar-refractivity contribution in [1.82, 2.24) is 0 Å². The van der Waals surface area contributed by atoms with Crippen LogP contribution in [0.1, 0.15) is 24.1 Å². The van der Waals surface area contributed by atoms with Gasteiger partial charge in [0, 0.05) is 17.8 Å². The first kappa shape index (κ1) is 22.0. The molecule has 0 bridgehead atoms. The maximum Gasteiger partial charge on any atom is 0.269 e. The van der Waals surface area contributed by atoms with Gasteiger partial charge >= 0.3 is 0 Å². The average Bonchev–Trinajstić information content (AvgIpc) is 2.79. The van der Waals surface area contributed by atoms with Crippen molar-refractivity contribution < 1.29 is 19.2 Å². The Hall–Kier alpha value is -3.71. The van der Waals surface area contributed by atoms with Gasteiger partial charge in [-0.25, -0.2) is 0 Å². The number of hydrogen-bond donors (Lipinski definition) is 1. The van der Waals surface area contributed by atoms with Crippen LogP contribution >= 0.6 is 0 Å². The SMILES string of the molecule is COc1ccc(N[C@H](c2cccc([N+](=O)[O-])c2)[C@@H](OCc2ccccc2)C(C)=O)cc1. The molecule has 0 aliphatic heterocycles. The molecule has 0 aromatic heterocycles. The number of anilines is 1. The Morgan fingerprint density at radius 1 is 1.03 bits per heavy atom. The van der Waals surface area contributed by atoms with E-state index >= 15 is 0 Å². The fourth-order valence-corrected chi connectivity index (χ4v) is 3.24. The third-order valence-corrected chi connectivity index (χ3v) is 4.83. The van der Waals surface area contributed by atoms with Gasteiger partial charge in [0.2, 0.25) is 0 Å². The van der Waals surface area contributed by atoms with Gasteiger partial charge in [0.25, 0.3) is 5.69 Å². The van der Waals surface area contributed by atoms with E-state index < -0.39 is 17.1 Å². The maximum atomic E-state index is 12.6. The molecule has 0 amide bonds. The summed E-state index contributed by atoms with van der Waals surface area (Å²) in [5, 5.41) is 14.6. The molecule has 7 heteroatoms. The van der Waals surface area contributed by atoms with Crippen molar-refractivity contribution in [2.24, 2.45) is 0 Å². The summed E-state index contributed by atoms with van der Waals surface area (Å²) in [5.74, 6) is 0.509. The molecule has 0 saturated carbocycles. The summed E-state index contributed by atoms with van der Waals surface area (Å²) >= 11 is 0. The maximum absolute atomic E-state index is 12.6. The van der Waals surface area contributed by atoms with Crippen molar-refractivity contribution in [3.05, 3.63) is 100 Å². The summed E-state index contributed by atoms with van der Waals surface area (Å²) in [5.41, 5.74) is 2.19. The van der Waals surface area contributed by atoms with Gasteiger partial charge in [0.15, 0.2) is 5.78 Å². The molecule has 3 rings (SSSR count). The van der Waals surface area contributed by atoms with Crippen LogP contribution in [-0.4, -0.2) is 23.9 Å². The highest BCUT2D eigenvalue weighted by molar-refractivity contribution is 5.82. The highest BCUT2D eigenvalue weighted by atomic mass is 16.6. The van der Waals surface area contributed by atoms with Crippen molar-refractivity contribution in [3.8, 4) is 5.75 Å². The lowest BCUT2D eigenvalue weighted by molar-refractivity contribution is -0.384. The van der Waals surface area contributed by atoms with Crippen LogP contribution in [0.15, 0.2) is 78.9 Å². The molecule has 0 aliphatic rings. The topological polar surface area (TPSA) is 90.7 Å². The molecule has 0 heterocycles. The largest absolute Gasteiger partial charge is 0.497 e. The van der Waals surface area contributed by atoms with Crippen LogP contribution in [0.3, 0.4) is 0 Å². The zero-order valence-corrected chi connectivity index (χ0v) is 17.4. The number of nitro benzene ring substituents is 1. The second kappa shape index (κ2) is 10.4. The van der Waals surface area contributed by atoms with E-state index in [-0.39, 0.29) is 18.1 Å². The predicted molar refractivity (Wildman–Crippen MR) is 118 cm³/mol. The Kier molecular flexibility index (Phi) is 7.35. The van der Waals surface area contributed by atoms with Crippen LogP contribution in [-0.2, 0) is 16.1 Å². The summed E-state index contributed by atoms with van der Waals surface area (Å²) in [6.07, 6.45) is -0.857. The number of methoxy groups -OCH3 is 1. The second-order valence-electron chi connectivity index (χ2n) is 7.03. The molecule has 7 nitrogen and oxygen atoms in total. The van der Waals surface area contributed by atoms with Gasteiger partial charge in [-0.05, 0) is 42.3 Å². The van der Waals surface area contributed by atoms with Gasteiger partial charge in [0.05, 0.1) is 24.7 Å². The lowest BCUT2D eigenvalue weighted by Gasteiger charge is -2.28. The van der Waals surface area contributed by atoms with E-state index in [0.717, 1.165) is 11.3 Å². The number of Topliss-reactive ketones (excluding diaryl/α,β-unsaturated/α-hetero) is 1. The molecule has 0 saturated heterocycles. The van der Waals surface area contributed by atoms with Gasteiger partial charge in [0.1, 0.15) is 11.9 Å². The van der Waals surface area contributed by atoms with Gasteiger partial charge in [-0.2, -0.15) is 0 Å². The minimum absolute atomic E-state index is 0.0515. The van der Waals surface area contributed by atoms with Crippen molar-refractivity contribution in [1.29, 1.82) is 0 Å². The minimum atomic E-state index is -0.857. The van der Waals surface area contributed by atoms with Crippen LogP contribution in [0.5, 0.6) is 5.75 Å². The molecule has 0 radical (unpaired) electrons.